The number of rotatable bonds is 3. The summed E-state index contributed by atoms with van der Waals surface area (Å²) in [6.45, 7) is 3.14. The molecule has 2 atom stereocenters. The molecule has 1 rings (SSSR count). The van der Waals surface area contributed by atoms with Gasteiger partial charge in [-0.3, -0.25) is 9.69 Å². The van der Waals surface area contributed by atoms with E-state index in [1.807, 2.05) is 4.90 Å². The summed E-state index contributed by atoms with van der Waals surface area (Å²) < 4.78 is 0. The first-order valence-corrected chi connectivity index (χ1v) is 4.37. The van der Waals surface area contributed by atoms with E-state index >= 15 is 0 Å². The first-order valence-electron chi connectivity index (χ1n) is 4.37. The third kappa shape index (κ3) is 2.40. The molecule has 0 radical (unpaired) electrons. The van der Waals surface area contributed by atoms with Gasteiger partial charge >= 0.3 is 5.97 Å². The molecule has 76 valence electrons. The predicted molar refractivity (Wildman–Crippen MR) is 47.3 cm³/mol. The van der Waals surface area contributed by atoms with Crippen molar-refractivity contribution in [2.24, 2.45) is 5.73 Å². The van der Waals surface area contributed by atoms with Gasteiger partial charge in [-0.15, -0.1) is 0 Å². The summed E-state index contributed by atoms with van der Waals surface area (Å²) in [4.78, 5) is 12.6. The van der Waals surface area contributed by atoms with Crippen molar-refractivity contribution < 1.29 is 15.0 Å². The van der Waals surface area contributed by atoms with Gasteiger partial charge in [-0.05, 0) is 13.3 Å². The Hall–Kier alpha value is -0.650. The zero-order valence-electron chi connectivity index (χ0n) is 7.73. The molecule has 5 heteroatoms. The largest absolute Gasteiger partial charge is 0.480 e. The smallest absolute Gasteiger partial charge is 0.325 e. The second kappa shape index (κ2) is 3.61. The molecule has 1 aliphatic rings. The standard InChI is InChI=1S/C8H16N2O3/c1-6(11)4-10-3-2-8(9,5-10)7(12)13/h6,11H,2-5,9H2,1H3,(H,12,13)/t6-,8?/m0/s1. The van der Waals surface area contributed by atoms with Gasteiger partial charge in [0.05, 0.1) is 6.10 Å². The summed E-state index contributed by atoms with van der Waals surface area (Å²) in [5.74, 6) is -0.958. The van der Waals surface area contributed by atoms with Gasteiger partial charge in [0, 0.05) is 19.6 Å². The van der Waals surface area contributed by atoms with Crippen molar-refractivity contribution in [1.82, 2.24) is 4.90 Å². The van der Waals surface area contributed by atoms with Crippen LogP contribution in [0.1, 0.15) is 13.3 Å². The fourth-order valence-electron chi connectivity index (χ4n) is 1.62. The number of nitrogens with zero attached hydrogens (tertiary/aromatic N) is 1. The van der Waals surface area contributed by atoms with E-state index in [1.54, 1.807) is 6.92 Å². The minimum absolute atomic E-state index is 0.327. The number of nitrogens with two attached hydrogens (primary N) is 1. The number of likely N-dealkylation sites (tertiary alicyclic amines) is 1. The quantitative estimate of drug-likeness (QED) is 0.521. The summed E-state index contributed by atoms with van der Waals surface area (Å²) in [5.41, 5.74) is 4.53. The van der Waals surface area contributed by atoms with Gasteiger partial charge in [0.15, 0.2) is 0 Å². The lowest BCUT2D eigenvalue weighted by atomic mass is 10.0. The van der Waals surface area contributed by atoms with Crippen LogP contribution < -0.4 is 5.73 Å². The normalized spacial score (nSPS) is 31.9. The van der Waals surface area contributed by atoms with Gasteiger partial charge in [-0.2, -0.15) is 0 Å². The summed E-state index contributed by atoms with van der Waals surface area (Å²) in [6.07, 6.45) is 0.0193. The lowest BCUT2D eigenvalue weighted by Crippen LogP contribution is -2.50. The van der Waals surface area contributed by atoms with E-state index in [0.717, 1.165) is 0 Å². The number of aliphatic hydroxyl groups is 1. The molecule has 0 aromatic rings. The third-order valence-corrected chi connectivity index (χ3v) is 2.33. The van der Waals surface area contributed by atoms with Crippen LogP contribution >= 0.6 is 0 Å². The van der Waals surface area contributed by atoms with Gasteiger partial charge in [0.25, 0.3) is 0 Å². The maximum atomic E-state index is 10.7. The Labute approximate surface area is 77.1 Å². The minimum Gasteiger partial charge on any atom is -0.480 e. The molecule has 0 bridgehead atoms. The van der Waals surface area contributed by atoms with Crippen LogP contribution in [0.2, 0.25) is 0 Å². The van der Waals surface area contributed by atoms with Crippen LogP contribution in [-0.2, 0) is 4.79 Å². The van der Waals surface area contributed by atoms with Crippen molar-refractivity contribution in [3.63, 3.8) is 0 Å². The lowest BCUT2D eigenvalue weighted by Gasteiger charge is -2.20. The number of hydrogen-bond acceptors (Lipinski definition) is 4. The number of carbonyl (C=O) groups is 1. The molecular formula is C8H16N2O3. The van der Waals surface area contributed by atoms with Crippen molar-refractivity contribution in [2.75, 3.05) is 19.6 Å². The average molecular weight is 188 g/mol. The van der Waals surface area contributed by atoms with Crippen LogP contribution in [0.5, 0.6) is 0 Å². The summed E-state index contributed by atoms with van der Waals surface area (Å²) >= 11 is 0. The maximum absolute atomic E-state index is 10.7. The molecule has 4 N–H and O–H groups in total. The van der Waals surface area contributed by atoms with E-state index in [1.165, 1.54) is 0 Å². The zero-order valence-corrected chi connectivity index (χ0v) is 7.73. The van der Waals surface area contributed by atoms with Crippen molar-refractivity contribution in [2.45, 2.75) is 25.0 Å². The molecule has 0 saturated carbocycles. The first kappa shape index (κ1) is 10.4. The van der Waals surface area contributed by atoms with Crippen LogP contribution in [0.3, 0.4) is 0 Å². The molecule has 1 fully saturated rings. The van der Waals surface area contributed by atoms with Crippen LogP contribution in [0.15, 0.2) is 0 Å². The van der Waals surface area contributed by atoms with E-state index in [2.05, 4.69) is 0 Å². The van der Waals surface area contributed by atoms with Gasteiger partial charge < -0.3 is 15.9 Å². The second-order valence-corrected chi connectivity index (χ2v) is 3.80. The van der Waals surface area contributed by atoms with Gasteiger partial charge in [0.1, 0.15) is 5.54 Å². The molecule has 1 aliphatic heterocycles. The van der Waals surface area contributed by atoms with Crippen LogP contribution in [0.25, 0.3) is 0 Å². The van der Waals surface area contributed by atoms with Crippen molar-refractivity contribution >= 4 is 5.97 Å². The predicted octanol–water partition coefficient (Wildman–Crippen LogP) is -1.14. The number of carboxylic acid groups (broad SMARTS) is 1. The molecule has 0 aromatic carbocycles. The molecule has 1 unspecified atom stereocenters. The molecule has 0 aromatic heterocycles. The molecule has 0 amide bonds. The molecular weight excluding hydrogens is 172 g/mol. The number of aliphatic carboxylic acids is 1. The average Bonchev–Trinajstić information content (AvgIpc) is 2.32. The Morgan fingerprint density at radius 1 is 1.77 bits per heavy atom. The van der Waals surface area contributed by atoms with E-state index in [9.17, 15) is 4.79 Å². The maximum Gasteiger partial charge on any atom is 0.325 e. The highest BCUT2D eigenvalue weighted by atomic mass is 16.4. The van der Waals surface area contributed by atoms with Crippen molar-refractivity contribution in [3.8, 4) is 0 Å². The number of aliphatic hydroxyl groups excluding tert-OH is 1. The van der Waals surface area contributed by atoms with E-state index < -0.39 is 17.6 Å². The van der Waals surface area contributed by atoms with Gasteiger partial charge in [-0.25, -0.2) is 0 Å². The fourth-order valence-corrected chi connectivity index (χ4v) is 1.62. The molecule has 5 nitrogen and oxygen atoms in total. The number of hydrogen-bond donors (Lipinski definition) is 3. The number of β-amino-alcohol motifs (C(OH)–C–C–N with tert-alkyl or cyclic N) is 1. The Morgan fingerprint density at radius 2 is 2.38 bits per heavy atom. The Bertz CT molecular complexity index is 208. The van der Waals surface area contributed by atoms with E-state index in [-0.39, 0.29) is 0 Å². The molecule has 1 heterocycles. The van der Waals surface area contributed by atoms with Crippen LogP contribution in [-0.4, -0.2) is 52.4 Å². The summed E-state index contributed by atoms with van der Waals surface area (Å²) in [5, 5.41) is 17.9. The van der Waals surface area contributed by atoms with E-state index in [4.69, 9.17) is 15.9 Å². The first-order chi connectivity index (χ1) is 5.94. The molecule has 13 heavy (non-hydrogen) atoms. The second-order valence-electron chi connectivity index (χ2n) is 3.80. The third-order valence-electron chi connectivity index (χ3n) is 2.33. The fraction of sp³-hybridized carbons (Fsp3) is 0.875. The van der Waals surface area contributed by atoms with Crippen molar-refractivity contribution in [3.05, 3.63) is 0 Å². The van der Waals surface area contributed by atoms with Crippen molar-refractivity contribution in [1.29, 1.82) is 0 Å². The highest BCUT2D eigenvalue weighted by Crippen LogP contribution is 2.18. The van der Waals surface area contributed by atoms with Gasteiger partial charge in [-0.1, -0.05) is 0 Å². The molecule has 1 saturated heterocycles. The Kier molecular flexibility index (Phi) is 2.90. The van der Waals surface area contributed by atoms with Crippen LogP contribution in [0.4, 0.5) is 0 Å². The Morgan fingerprint density at radius 3 is 2.77 bits per heavy atom. The summed E-state index contributed by atoms with van der Waals surface area (Å²) in [7, 11) is 0. The van der Waals surface area contributed by atoms with E-state index in [0.29, 0.717) is 26.1 Å². The molecule has 0 aliphatic carbocycles. The SMILES string of the molecule is C[C@H](O)CN1CCC(N)(C(=O)O)C1. The zero-order chi connectivity index (χ0) is 10.1. The minimum atomic E-state index is -1.12. The monoisotopic (exact) mass is 188 g/mol. The molecule has 0 spiro atoms. The van der Waals surface area contributed by atoms with Crippen LogP contribution in [0, 0.1) is 0 Å². The topological polar surface area (TPSA) is 86.8 Å². The van der Waals surface area contributed by atoms with Gasteiger partial charge in [0.2, 0.25) is 0 Å². The number of carboxylic acids is 1. The lowest BCUT2D eigenvalue weighted by molar-refractivity contribution is -0.142. The highest BCUT2D eigenvalue weighted by molar-refractivity contribution is 5.79. The Balaban J connectivity index is 2.48. The highest BCUT2D eigenvalue weighted by Gasteiger charge is 2.41. The summed E-state index contributed by atoms with van der Waals surface area (Å²) in [6, 6.07) is 0.